The molecule has 0 bridgehead atoms. The minimum absolute atomic E-state index is 0.552. The van der Waals surface area contributed by atoms with Crippen LogP contribution >= 0.6 is 0 Å². The van der Waals surface area contributed by atoms with Gasteiger partial charge in [-0.3, -0.25) is 4.68 Å². The maximum Gasteiger partial charge on any atom is 0.129 e. The molecule has 3 aliphatic rings. The molecule has 3 fully saturated rings. The van der Waals surface area contributed by atoms with Crippen LogP contribution in [-0.2, 0) is 4.74 Å². The van der Waals surface area contributed by atoms with Crippen LogP contribution in [0.5, 0.6) is 0 Å². The minimum atomic E-state index is 0.552. The number of ether oxygens (including phenoxy) is 1. The molecular formula is C22H31N5O. The van der Waals surface area contributed by atoms with Crippen LogP contribution in [0.2, 0.25) is 0 Å². The average molecular weight is 382 g/mol. The van der Waals surface area contributed by atoms with Crippen LogP contribution in [0.3, 0.4) is 0 Å². The molecular weight excluding hydrogens is 350 g/mol. The van der Waals surface area contributed by atoms with Gasteiger partial charge in [-0.2, -0.15) is 5.10 Å². The number of nitrogens with two attached hydrogens (primary N) is 1. The van der Waals surface area contributed by atoms with Crippen molar-refractivity contribution in [2.45, 2.75) is 50.5 Å². The Labute approximate surface area is 167 Å². The molecule has 0 aromatic carbocycles. The first-order chi connectivity index (χ1) is 13.8. The topological polar surface area (TPSA) is 69.2 Å². The number of pyridine rings is 1. The molecule has 0 radical (unpaired) electrons. The molecule has 0 amide bonds. The summed E-state index contributed by atoms with van der Waals surface area (Å²) in [5.41, 5.74) is 9.23. The van der Waals surface area contributed by atoms with E-state index in [9.17, 15) is 0 Å². The van der Waals surface area contributed by atoms with E-state index in [2.05, 4.69) is 34.0 Å². The normalized spacial score (nSPS) is 25.0. The predicted octanol–water partition coefficient (Wildman–Crippen LogP) is 3.35. The van der Waals surface area contributed by atoms with Crippen molar-refractivity contribution in [2.75, 3.05) is 37.7 Å². The second-order valence-corrected chi connectivity index (χ2v) is 8.58. The Morgan fingerprint density at radius 2 is 1.96 bits per heavy atom. The van der Waals surface area contributed by atoms with E-state index in [0.717, 1.165) is 56.7 Å². The largest absolute Gasteiger partial charge is 0.378 e. The van der Waals surface area contributed by atoms with E-state index >= 15 is 0 Å². The molecule has 3 heterocycles. The maximum atomic E-state index is 5.66. The maximum absolute atomic E-state index is 5.66. The second-order valence-electron chi connectivity index (χ2n) is 8.58. The van der Waals surface area contributed by atoms with Gasteiger partial charge >= 0.3 is 0 Å². The van der Waals surface area contributed by atoms with E-state index in [1.165, 1.54) is 43.4 Å². The summed E-state index contributed by atoms with van der Waals surface area (Å²) in [6.45, 7) is 4.20. The summed E-state index contributed by atoms with van der Waals surface area (Å²) in [6, 6.07) is 6.94. The molecule has 2 N–H and O–H groups in total. The smallest absolute Gasteiger partial charge is 0.129 e. The van der Waals surface area contributed by atoms with Crippen molar-refractivity contribution >= 4 is 5.82 Å². The van der Waals surface area contributed by atoms with Crippen molar-refractivity contribution in [1.29, 1.82) is 0 Å². The summed E-state index contributed by atoms with van der Waals surface area (Å²) in [7, 11) is 0. The third-order valence-corrected chi connectivity index (χ3v) is 6.47. The van der Waals surface area contributed by atoms with Crippen molar-refractivity contribution in [2.24, 2.45) is 11.7 Å². The molecule has 0 atom stereocenters. The second kappa shape index (κ2) is 7.84. The highest BCUT2D eigenvalue weighted by Crippen LogP contribution is 2.46. The number of anilines is 1. The van der Waals surface area contributed by atoms with Gasteiger partial charge in [-0.1, -0.05) is 6.07 Å². The van der Waals surface area contributed by atoms with Gasteiger partial charge in [0.1, 0.15) is 5.82 Å². The van der Waals surface area contributed by atoms with Crippen molar-refractivity contribution < 1.29 is 4.74 Å². The minimum Gasteiger partial charge on any atom is -0.378 e. The molecule has 5 rings (SSSR count). The van der Waals surface area contributed by atoms with Crippen LogP contribution < -0.4 is 10.6 Å². The number of morpholine rings is 1. The molecule has 2 aromatic rings. The first-order valence-corrected chi connectivity index (χ1v) is 10.9. The highest BCUT2D eigenvalue weighted by Gasteiger charge is 2.34. The van der Waals surface area contributed by atoms with Gasteiger partial charge in [0.2, 0.25) is 0 Å². The molecule has 2 aliphatic carbocycles. The fraction of sp³-hybridized carbons (Fsp3) is 0.636. The Kier molecular flexibility index (Phi) is 5.07. The average Bonchev–Trinajstić information content (AvgIpc) is 3.47. The molecule has 6 heteroatoms. The Morgan fingerprint density at radius 1 is 1.14 bits per heavy atom. The zero-order chi connectivity index (χ0) is 18.9. The SMILES string of the molecule is NCCCC1CC(n2cc(-c3cccc(N4CCOCC4)n3)c(C3CC3)n2)C1. The van der Waals surface area contributed by atoms with E-state index < -0.39 is 0 Å². The molecule has 1 saturated heterocycles. The summed E-state index contributed by atoms with van der Waals surface area (Å²) < 4.78 is 7.73. The van der Waals surface area contributed by atoms with Gasteiger partial charge in [0.15, 0.2) is 0 Å². The van der Waals surface area contributed by atoms with Gasteiger partial charge in [-0.15, -0.1) is 0 Å². The molecule has 2 saturated carbocycles. The third-order valence-electron chi connectivity index (χ3n) is 6.47. The van der Waals surface area contributed by atoms with E-state index in [0.29, 0.717) is 12.0 Å². The molecule has 28 heavy (non-hydrogen) atoms. The Bertz CT molecular complexity index is 803. The predicted molar refractivity (Wildman–Crippen MR) is 111 cm³/mol. The fourth-order valence-electron chi connectivity index (χ4n) is 4.55. The van der Waals surface area contributed by atoms with E-state index in [1.54, 1.807) is 0 Å². The summed E-state index contributed by atoms with van der Waals surface area (Å²) in [4.78, 5) is 7.33. The zero-order valence-electron chi connectivity index (χ0n) is 16.6. The quantitative estimate of drug-likeness (QED) is 0.796. The van der Waals surface area contributed by atoms with Crippen molar-refractivity contribution in [3.8, 4) is 11.3 Å². The van der Waals surface area contributed by atoms with Gasteiger partial charge in [0.05, 0.1) is 30.6 Å². The summed E-state index contributed by atoms with van der Waals surface area (Å²) in [5, 5.41) is 5.05. The van der Waals surface area contributed by atoms with Gasteiger partial charge in [0, 0.05) is 30.8 Å². The van der Waals surface area contributed by atoms with Crippen molar-refractivity contribution in [3.05, 3.63) is 30.1 Å². The highest BCUT2D eigenvalue weighted by molar-refractivity contribution is 5.65. The lowest BCUT2D eigenvalue weighted by molar-refractivity contribution is 0.122. The van der Waals surface area contributed by atoms with Gasteiger partial charge in [-0.05, 0) is 63.1 Å². The Hall–Kier alpha value is -1.92. The van der Waals surface area contributed by atoms with Crippen LogP contribution in [-0.4, -0.2) is 47.6 Å². The van der Waals surface area contributed by atoms with Crippen LogP contribution in [0.25, 0.3) is 11.3 Å². The lowest BCUT2D eigenvalue weighted by Crippen LogP contribution is -2.36. The van der Waals surface area contributed by atoms with Gasteiger partial charge in [-0.25, -0.2) is 4.98 Å². The zero-order valence-corrected chi connectivity index (χ0v) is 16.6. The fourth-order valence-corrected chi connectivity index (χ4v) is 4.55. The van der Waals surface area contributed by atoms with Crippen LogP contribution in [0.15, 0.2) is 24.4 Å². The third kappa shape index (κ3) is 3.67. The van der Waals surface area contributed by atoms with E-state index in [-0.39, 0.29) is 0 Å². The number of hydrogen-bond donors (Lipinski definition) is 1. The first-order valence-electron chi connectivity index (χ1n) is 10.9. The standard InChI is InChI=1S/C22H31N5O/c23-8-2-3-16-13-18(14-16)27-15-19(22(25-27)17-6-7-17)20-4-1-5-21(24-20)26-9-11-28-12-10-26/h1,4-5,15-18H,2-3,6-14,23H2. The Morgan fingerprint density at radius 3 is 2.71 bits per heavy atom. The highest BCUT2D eigenvalue weighted by atomic mass is 16.5. The lowest BCUT2D eigenvalue weighted by Gasteiger charge is -2.35. The first kappa shape index (κ1) is 18.1. The summed E-state index contributed by atoms with van der Waals surface area (Å²) >= 11 is 0. The van der Waals surface area contributed by atoms with E-state index in [1.807, 2.05) is 0 Å². The van der Waals surface area contributed by atoms with E-state index in [4.69, 9.17) is 20.6 Å². The Balaban J connectivity index is 1.37. The molecule has 150 valence electrons. The van der Waals surface area contributed by atoms with Crippen LogP contribution in [0.1, 0.15) is 56.2 Å². The summed E-state index contributed by atoms with van der Waals surface area (Å²) in [6.07, 6.45) is 9.68. The number of hydrogen-bond acceptors (Lipinski definition) is 5. The number of nitrogens with zero attached hydrogens (tertiary/aromatic N) is 4. The monoisotopic (exact) mass is 381 g/mol. The molecule has 1 aliphatic heterocycles. The number of aromatic nitrogens is 3. The molecule has 6 nitrogen and oxygen atoms in total. The lowest BCUT2D eigenvalue weighted by atomic mass is 9.77. The van der Waals surface area contributed by atoms with Crippen molar-refractivity contribution in [1.82, 2.24) is 14.8 Å². The van der Waals surface area contributed by atoms with Crippen LogP contribution in [0, 0.1) is 5.92 Å². The van der Waals surface area contributed by atoms with Gasteiger partial charge < -0.3 is 15.4 Å². The van der Waals surface area contributed by atoms with Crippen molar-refractivity contribution in [3.63, 3.8) is 0 Å². The molecule has 0 spiro atoms. The number of rotatable bonds is 7. The summed E-state index contributed by atoms with van der Waals surface area (Å²) in [5.74, 6) is 2.51. The molecule has 0 unspecified atom stereocenters. The molecule has 2 aromatic heterocycles. The van der Waals surface area contributed by atoms with Crippen LogP contribution in [0.4, 0.5) is 5.82 Å². The van der Waals surface area contributed by atoms with Gasteiger partial charge in [0.25, 0.3) is 0 Å².